The third kappa shape index (κ3) is 3.65. The van der Waals surface area contributed by atoms with Crippen molar-refractivity contribution in [1.29, 1.82) is 0 Å². The monoisotopic (exact) mass is 213 g/mol. The fourth-order valence-electron chi connectivity index (χ4n) is 2.06. The van der Waals surface area contributed by atoms with Gasteiger partial charge in [0.15, 0.2) is 0 Å². The van der Waals surface area contributed by atoms with Crippen LogP contribution in [0.5, 0.6) is 0 Å². The Morgan fingerprint density at radius 1 is 1.07 bits per heavy atom. The van der Waals surface area contributed by atoms with Gasteiger partial charge in [0.05, 0.1) is 0 Å². The molecule has 15 heavy (non-hydrogen) atoms. The normalized spacial score (nSPS) is 13.0. The van der Waals surface area contributed by atoms with Crippen molar-refractivity contribution in [1.82, 2.24) is 0 Å². The summed E-state index contributed by atoms with van der Waals surface area (Å²) in [5.41, 5.74) is 4.18. The highest BCUT2D eigenvalue weighted by molar-refractivity contribution is 5.87. The van der Waals surface area contributed by atoms with Crippen LogP contribution in [0.25, 0.3) is 0 Å². The molecule has 2 N–H and O–H groups in total. The SMILES string of the molecule is CC(C)C(=O)C(C)(C)CC(C)(C)C(N)=O. The predicted octanol–water partition coefficient (Wildman–Crippen LogP) is 2.14. The molecule has 0 saturated heterocycles. The van der Waals surface area contributed by atoms with E-state index in [2.05, 4.69) is 0 Å². The topological polar surface area (TPSA) is 60.2 Å². The van der Waals surface area contributed by atoms with E-state index in [-0.39, 0.29) is 17.6 Å². The van der Waals surface area contributed by atoms with Gasteiger partial charge in [-0.3, -0.25) is 9.59 Å². The summed E-state index contributed by atoms with van der Waals surface area (Å²) in [6.07, 6.45) is 0.492. The van der Waals surface area contributed by atoms with Crippen molar-refractivity contribution in [3.8, 4) is 0 Å². The zero-order valence-electron chi connectivity index (χ0n) is 10.7. The van der Waals surface area contributed by atoms with Crippen LogP contribution in [-0.2, 0) is 9.59 Å². The van der Waals surface area contributed by atoms with Crippen molar-refractivity contribution in [2.45, 2.75) is 48.0 Å². The number of nitrogens with two attached hydrogens (primary N) is 1. The lowest BCUT2D eigenvalue weighted by Gasteiger charge is -2.32. The molecule has 0 aliphatic rings. The minimum atomic E-state index is -0.631. The van der Waals surface area contributed by atoms with Gasteiger partial charge >= 0.3 is 0 Å². The number of amides is 1. The Kier molecular flexibility index (Phi) is 4.08. The molecular weight excluding hydrogens is 190 g/mol. The van der Waals surface area contributed by atoms with Crippen LogP contribution < -0.4 is 5.73 Å². The minimum Gasteiger partial charge on any atom is -0.369 e. The molecule has 0 aliphatic heterocycles. The first kappa shape index (κ1) is 14.1. The van der Waals surface area contributed by atoms with Gasteiger partial charge in [-0.05, 0) is 6.42 Å². The Morgan fingerprint density at radius 2 is 1.47 bits per heavy atom. The second-order valence-corrected chi connectivity index (χ2v) is 5.83. The van der Waals surface area contributed by atoms with Crippen LogP contribution in [0.2, 0.25) is 0 Å². The lowest BCUT2D eigenvalue weighted by molar-refractivity contribution is -0.135. The maximum Gasteiger partial charge on any atom is 0.223 e. The summed E-state index contributed by atoms with van der Waals surface area (Å²) in [5, 5.41) is 0. The third-order valence-electron chi connectivity index (χ3n) is 2.74. The van der Waals surface area contributed by atoms with Gasteiger partial charge in [0.1, 0.15) is 5.78 Å². The summed E-state index contributed by atoms with van der Waals surface area (Å²) >= 11 is 0. The van der Waals surface area contributed by atoms with E-state index in [0.29, 0.717) is 6.42 Å². The molecule has 0 aromatic heterocycles. The Bertz CT molecular complexity index is 265. The lowest BCUT2D eigenvalue weighted by atomic mass is 9.70. The number of ketones is 1. The van der Waals surface area contributed by atoms with Crippen molar-refractivity contribution in [3.05, 3.63) is 0 Å². The van der Waals surface area contributed by atoms with Gasteiger partial charge in [-0.15, -0.1) is 0 Å². The van der Waals surface area contributed by atoms with Crippen LogP contribution in [0.4, 0.5) is 0 Å². The van der Waals surface area contributed by atoms with E-state index in [9.17, 15) is 9.59 Å². The van der Waals surface area contributed by atoms with E-state index in [1.54, 1.807) is 13.8 Å². The molecular formula is C12H23NO2. The molecule has 0 radical (unpaired) electrons. The molecule has 0 unspecified atom stereocenters. The quantitative estimate of drug-likeness (QED) is 0.760. The molecule has 3 nitrogen and oxygen atoms in total. The first-order valence-corrected chi connectivity index (χ1v) is 5.35. The van der Waals surface area contributed by atoms with E-state index in [4.69, 9.17) is 5.73 Å². The first-order valence-electron chi connectivity index (χ1n) is 5.35. The average molecular weight is 213 g/mol. The van der Waals surface area contributed by atoms with E-state index < -0.39 is 10.8 Å². The molecule has 0 fully saturated rings. The van der Waals surface area contributed by atoms with Crippen molar-refractivity contribution in [3.63, 3.8) is 0 Å². The highest BCUT2D eigenvalue weighted by atomic mass is 16.1. The molecule has 88 valence electrons. The van der Waals surface area contributed by atoms with Crippen LogP contribution in [0.1, 0.15) is 48.0 Å². The summed E-state index contributed by atoms with van der Waals surface area (Å²) in [6.45, 7) is 11.1. The number of hydrogen-bond donors (Lipinski definition) is 1. The van der Waals surface area contributed by atoms with Crippen molar-refractivity contribution in [2.24, 2.45) is 22.5 Å². The number of carbonyl (C=O) groups excluding carboxylic acids is 2. The van der Waals surface area contributed by atoms with Gasteiger partial charge in [-0.2, -0.15) is 0 Å². The Morgan fingerprint density at radius 3 is 1.73 bits per heavy atom. The molecule has 0 rings (SSSR count). The Hall–Kier alpha value is -0.860. The molecule has 0 heterocycles. The summed E-state index contributed by atoms with van der Waals surface area (Å²) in [4.78, 5) is 23.1. The maximum atomic E-state index is 11.9. The molecule has 3 heteroatoms. The molecule has 0 aliphatic carbocycles. The molecule has 0 aromatic carbocycles. The van der Waals surface area contributed by atoms with Gasteiger partial charge < -0.3 is 5.73 Å². The van der Waals surface area contributed by atoms with Gasteiger partial charge in [-0.1, -0.05) is 41.5 Å². The number of primary amides is 1. The standard InChI is InChI=1S/C12H23NO2/c1-8(2)9(14)11(3,4)7-12(5,6)10(13)15/h8H,7H2,1-6H3,(H2,13,15). The van der Waals surface area contributed by atoms with Gasteiger partial charge in [0.2, 0.25) is 5.91 Å². The van der Waals surface area contributed by atoms with Crippen LogP contribution in [0.15, 0.2) is 0 Å². The molecule has 0 spiro atoms. The minimum absolute atomic E-state index is 0.0105. The number of hydrogen-bond acceptors (Lipinski definition) is 2. The van der Waals surface area contributed by atoms with Crippen LogP contribution in [0.3, 0.4) is 0 Å². The number of rotatable bonds is 5. The van der Waals surface area contributed by atoms with Crippen molar-refractivity contribution in [2.75, 3.05) is 0 Å². The second kappa shape index (κ2) is 4.33. The van der Waals surface area contributed by atoms with E-state index in [1.807, 2.05) is 27.7 Å². The number of Topliss-reactive ketones (excluding diaryl/α,β-unsaturated/α-hetero) is 1. The second-order valence-electron chi connectivity index (χ2n) is 5.83. The summed E-state index contributed by atoms with van der Waals surface area (Å²) in [7, 11) is 0. The lowest BCUT2D eigenvalue weighted by Crippen LogP contribution is -2.39. The molecule has 0 saturated carbocycles. The molecule has 1 amide bonds. The van der Waals surface area contributed by atoms with Gasteiger partial charge in [0, 0.05) is 16.7 Å². The zero-order valence-corrected chi connectivity index (χ0v) is 10.7. The highest BCUT2D eigenvalue weighted by Gasteiger charge is 2.38. The van der Waals surface area contributed by atoms with Gasteiger partial charge in [-0.25, -0.2) is 0 Å². The molecule has 0 atom stereocenters. The summed E-state index contributed by atoms with van der Waals surface area (Å²) in [6, 6.07) is 0. The third-order valence-corrected chi connectivity index (χ3v) is 2.74. The molecule has 0 aromatic rings. The summed E-state index contributed by atoms with van der Waals surface area (Å²) in [5.74, 6) is -0.187. The summed E-state index contributed by atoms with van der Waals surface area (Å²) < 4.78 is 0. The van der Waals surface area contributed by atoms with Crippen molar-refractivity contribution < 1.29 is 9.59 Å². The largest absolute Gasteiger partial charge is 0.369 e. The Balaban J connectivity index is 4.79. The van der Waals surface area contributed by atoms with E-state index in [0.717, 1.165) is 0 Å². The zero-order chi connectivity index (χ0) is 12.4. The van der Waals surface area contributed by atoms with E-state index in [1.165, 1.54) is 0 Å². The van der Waals surface area contributed by atoms with E-state index >= 15 is 0 Å². The predicted molar refractivity (Wildman–Crippen MR) is 61.2 cm³/mol. The smallest absolute Gasteiger partial charge is 0.223 e. The van der Waals surface area contributed by atoms with Crippen LogP contribution in [-0.4, -0.2) is 11.7 Å². The van der Waals surface area contributed by atoms with Crippen LogP contribution in [0, 0.1) is 16.7 Å². The number of carbonyl (C=O) groups is 2. The molecule has 0 bridgehead atoms. The maximum absolute atomic E-state index is 11.9. The Labute approximate surface area is 92.4 Å². The fraction of sp³-hybridized carbons (Fsp3) is 0.833. The highest BCUT2D eigenvalue weighted by Crippen LogP contribution is 2.35. The van der Waals surface area contributed by atoms with Gasteiger partial charge in [0.25, 0.3) is 0 Å². The first-order chi connectivity index (χ1) is 6.50. The van der Waals surface area contributed by atoms with Crippen LogP contribution >= 0.6 is 0 Å². The average Bonchev–Trinajstić information content (AvgIpc) is 2.00. The fourth-order valence-corrected chi connectivity index (χ4v) is 2.06. The van der Waals surface area contributed by atoms with Crippen molar-refractivity contribution >= 4 is 11.7 Å².